The molecular weight excluding hydrogens is 479 g/mol. The predicted octanol–water partition coefficient (Wildman–Crippen LogP) is 6.53. The molecule has 0 unspecified atom stereocenters. The van der Waals surface area contributed by atoms with Crippen molar-refractivity contribution >= 4 is 63.3 Å². The first-order valence-electron chi connectivity index (χ1n) is 10.0. The Labute approximate surface area is 206 Å². The van der Waals surface area contributed by atoms with Gasteiger partial charge in [-0.1, -0.05) is 53.8 Å². The van der Waals surface area contributed by atoms with E-state index in [9.17, 15) is 9.18 Å². The van der Waals surface area contributed by atoms with Crippen LogP contribution in [-0.4, -0.2) is 24.3 Å². The summed E-state index contributed by atoms with van der Waals surface area (Å²) in [5, 5.41) is 0.324. The number of amides is 1. The second-order valence-electron chi connectivity index (χ2n) is 7.49. The van der Waals surface area contributed by atoms with E-state index in [1.807, 2.05) is 55.4 Å². The van der Waals surface area contributed by atoms with Gasteiger partial charge in [-0.3, -0.25) is 9.69 Å². The van der Waals surface area contributed by atoms with Crippen LogP contribution in [0.1, 0.15) is 11.1 Å². The van der Waals surface area contributed by atoms with E-state index in [1.165, 1.54) is 17.8 Å². The van der Waals surface area contributed by atoms with Crippen molar-refractivity contribution in [3.8, 4) is 5.75 Å². The molecule has 0 spiro atoms. The molecule has 1 saturated heterocycles. The average molecular weight is 499 g/mol. The predicted molar refractivity (Wildman–Crippen MR) is 139 cm³/mol. The number of thiocarbonyl (C=S) groups is 1. The molecule has 4 rings (SSSR count). The minimum absolute atomic E-state index is 0.0239. The first-order valence-corrected chi connectivity index (χ1v) is 11.6. The molecule has 8 heteroatoms. The summed E-state index contributed by atoms with van der Waals surface area (Å²) >= 11 is 12.8. The Bertz CT molecular complexity index is 1210. The van der Waals surface area contributed by atoms with E-state index in [0.717, 1.165) is 16.9 Å². The molecule has 4 nitrogen and oxygen atoms in total. The average Bonchev–Trinajstić information content (AvgIpc) is 3.07. The Balaban J connectivity index is 1.45. The number of thioether (sulfide) groups is 1. The van der Waals surface area contributed by atoms with Crippen molar-refractivity contribution in [2.45, 2.75) is 6.61 Å². The molecule has 1 aliphatic heterocycles. The number of anilines is 2. The van der Waals surface area contributed by atoms with Gasteiger partial charge in [-0.2, -0.15) is 0 Å². The van der Waals surface area contributed by atoms with Gasteiger partial charge < -0.3 is 9.64 Å². The largest absolute Gasteiger partial charge is 0.489 e. The van der Waals surface area contributed by atoms with Crippen molar-refractivity contribution in [2.24, 2.45) is 0 Å². The number of rotatable bonds is 6. The third-order valence-electron chi connectivity index (χ3n) is 5.04. The third kappa shape index (κ3) is 5.21. The Hall–Kier alpha value is -2.87. The molecule has 0 atom stereocenters. The maximum Gasteiger partial charge on any atom is 0.270 e. The van der Waals surface area contributed by atoms with Gasteiger partial charge in [0.1, 0.15) is 18.2 Å². The van der Waals surface area contributed by atoms with Crippen LogP contribution >= 0.6 is 35.6 Å². The van der Waals surface area contributed by atoms with Gasteiger partial charge in [0.25, 0.3) is 5.91 Å². The summed E-state index contributed by atoms with van der Waals surface area (Å²) in [7, 11) is 3.92. The minimum Gasteiger partial charge on any atom is -0.489 e. The van der Waals surface area contributed by atoms with Crippen LogP contribution in [0.4, 0.5) is 15.8 Å². The van der Waals surface area contributed by atoms with Gasteiger partial charge in [0, 0.05) is 25.3 Å². The van der Waals surface area contributed by atoms with Crippen molar-refractivity contribution in [3.05, 3.63) is 93.6 Å². The topological polar surface area (TPSA) is 32.8 Å². The summed E-state index contributed by atoms with van der Waals surface area (Å²) in [6.07, 6.45) is 1.80. The molecule has 168 valence electrons. The van der Waals surface area contributed by atoms with Gasteiger partial charge in [-0.25, -0.2) is 4.39 Å². The lowest BCUT2D eigenvalue weighted by Crippen LogP contribution is -2.27. The summed E-state index contributed by atoms with van der Waals surface area (Å²) < 4.78 is 20.1. The lowest BCUT2D eigenvalue weighted by Gasteiger charge is -2.17. The molecule has 33 heavy (non-hydrogen) atoms. The highest BCUT2D eigenvalue weighted by Crippen LogP contribution is 2.36. The third-order valence-corrected chi connectivity index (χ3v) is 6.70. The van der Waals surface area contributed by atoms with Gasteiger partial charge in [0.15, 0.2) is 4.32 Å². The number of carbonyl (C=O) groups excluding carboxylic acids is 1. The molecule has 3 aromatic carbocycles. The van der Waals surface area contributed by atoms with Crippen molar-refractivity contribution in [3.63, 3.8) is 0 Å². The highest BCUT2D eigenvalue weighted by molar-refractivity contribution is 8.27. The molecule has 0 radical (unpaired) electrons. The van der Waals surface area contributed by atoms with E-state index in [4.69, 9.17) is 28.6 Å². The fourth-order valence-electron chi connectivity index (χ4n) is 3.23. The summed E-state index contributed by atoms with van der Waals surface area (Å²) in [6.45, 7) is 0.0239. The van der Waals surface area contributed by atoms with Crippen molar-refractivity contribution in [2.75, 3.05) is 23.9 Å². The highest BCUT2D eigenvalue weighted by Gasteiger charge is 2.33. The van der Waals surface area contributed by atoms with Crippen LogP contribution in [-0.2, 0) is 11.4 Å². The maximum atomic E-state index is 13.9. The Morgan fingerprint density at radius 2 is 1.79 bits per heavy atom. The fourth-order valence-corrected chi connectivity index (χ4v) is 4.74. The maximum absolute atomic E-state index is 13.9. The van der Waals surface area contributed by atoms with E-state index >= 15 is 0 Å². The van der Waals surface area contributed by atoms with E-state index < -0.39 is 5.82 Å². The summed E-state index contributed by atoms with van der Waals surface area (Å²) in [6, 6.07) is 19.4. The Kier molecular flexibility index (Phi) is 7.02. The number of hydrogen-bond acceptors (Lipinski definition) is 5. The first kappa shape index (κ1) is 23.3. The number of benzene rings is 3. The summed E-state index contributed by atoms with van der Waals surface area (Å²) in [5.41, 5.74) is 2.92. The molecule has 0 bridgehead atoms. The zero-order chi connectivity index (χ0) is 23.5. The normalized spacial score (nSPS) is 14.8. The molecule has 1 amide bonds. The number of ether oxygens (including phenoxy) is 1. The standard InChI is InChI=1S/C25H20ClFN2O2S2/c1-28(2)17-8-10-18(11-9-17)29-24(30)23(33-25(29)32)14-16-6-12-19(13-7-16)31-15-20-21(26)4-3-5-22(20)27/h3-14H,15H2,1-2H3/b23-14-. The van der Waals surface area contributed by atoms with Crippen molar-refractivity contribution < 1.29 is 13.9 Å². The zero-order valence-electron chi connectivity index (χ0n) is 17.9. The second-order valence-corrected chi connectivity index (χ2v) is 9.57. The quantitative estimate of drug-likeness (QED) is 0.285. The lowest BCUT2D eigenvalue weighted by atomic mass is 10.2. The molecule has 1 fully saturated rings. The fraction of sp³-hybridized carbons (Fsp3) is 0.120. The SMILES string of the molecule is CN(C)c1ccc(N2C(=O)/C(=C/c3ccc(OCc4c(F)cccc4Cl)cc3)SC2=S)cc1. The van der Waals surface area contributed by atoms with E-state index in [2.05, 4.69) is 0 Å². The van der Waals surface area contributed by atoms with E-state index in [0.29, 0.717) is 25.6 Å². The van der Waals surface area contributed by atoms with Crippen LogP contribution in [0.25, 0.3) is 6.08 Å². The number of halogens is 2. The minimum atomic E-state index is -0.405. The van der Waals surface area contributed by atoms with Crippen molar-refractivity contribution in [1.82, 2.24) is 0 Å². The molecule has 0 saturated carbocycles. The van der Waals surface area contributed by atoms with Crippen LogP contribution < -0.4 is 14.5 Å². The molecular formula is C25H20ClFN2O2S2. The van der Waals surface area contributed by atoms with Gasteiger partial charge in [0.05, 0.1) is 15.6 Å². The first-order chi connectivity index (χ1) is 15.8. The smallest absolute Gasteiger partial charge is 0.270 e. The lowest BCUT2D eigenvalue weighted by molar-refractivity contribution is -0.113. The van der Waals surface area contributed by atoms with Gasteiger partial charge in [-0.15, -0.1) is 0 Å². The van der Waals surface area contributed by atoms with Crippen LogP contribution in [0.3, 0.4) is 0 Å². The summed E-state index contributed by atoms with van der Waals surface area (Å²) in [5.74, 6) is 0.00891. The van der Waals surface area contributed by atoms with Gasteiger partial charge in [0.2, 0.25) is 0 Å². The van der Waals surface area contributed by atoms with Gasteiger partial charge in [-0.05, 0) is 60.2 Å². The Morgan fingerprint density at radius 1 is 1.09 bits per heavy atom. The van der Waals surface area contributed by atoms with E-state index in [1.54, 1.807) is 35.2 Å². The van der Waals surface area contributed by atoms with E-state index in [-0.39, 0.29) is 12.5 Å². The number of hydrogen-bond donors (Lipinski definition) is 0. The Morgan fingerprint density at radius 3 is 2.42 bits per heavy atom. The molecule has 3 aromatic rings. The number of nitrogens with zero attached hydrogens (tertiary/aromatic N) is 2. The van der Waals surface area contributed by atoms with Crippen molar-refractivity contribution in [1.29, 1.82) is 0 Å². The molecule has 1 heterocycles. The van der Waals surface area contributed by atoms with Crippen LogP contribution in [0.5, 0.6) is 5.75 Å². The van der Waals surface area contributed by atoms with Crippen LogP contribution in [0.2, 0.25) is 5.02 Å². The van der Waals surface area contributed by atoms with Gasteiger partial charge >= 0.3 is 0 Å². The monoisotopic (exact) mass is 498 g/mol. The molecule has 0 N–H and O–H groups in total. The molecule has 0 aliphatic carbocycles. The second kappa shape index (κ2) is 9.95. The van der Waals surface area contributed by atoms with Crippen LogP contribution in [0.15, 0.2) is 71.6 Å². The molecule has 1 aliphatic rings. The highest BCUT2D eigenvalue weighted by atomic mass is 35.5. The molecule has 0 aromatic heterocycles. The van der Waals surface area contributed by atoms with Crippen LogP contribution in [0, 0.1) is 5.82 Å². The number of carbonyl (C=O) groups is 1. The summed E-state index contributed by atoms with van der Waals surface area (Å²) in [4.78, 5) is 17.1. The zero-order valence-corrected chi connectivity index (χ0v) is 20.3.